The van der Waals surface area contributed by atoms with E-state index < -0.39 is 6.10 Å². The lowest BCUT2D eigenvalue weighted by Gasteiger charge is -2.34. The zero-order valence-electron chi connectivity index (χ0n) is 9.14. The average molecular weight is 216 g/mol. The van der Waals surface area contributed by atoms with Gasteiger partial charge in [-0.05, 0) is 0 Å². The lowest BCUT2D eigenvalue weighted by atomic mass is 9.99. The highest BCUT2D eigenvalue weighted by atomic mass is 16.6. The Morgan fingerprint density at radius 2 is 2.13 bits per heavy atom. The number of aldehydes is 1. The third-order valence-electron chi connectivity index (χ3n) is 2.37. The van der Waals surface area contributed by atoms with E-state index in [1.807, 2.05) is 0 Å². The minimum absolute atomic E-state index is 0.256. The first-order chi connectivity index (χ1) is 7.28. The summed E-state index contributed by atoms with van der Waals surface area (Å²) in [5, 5.41) is 0. The summed E-state index contributed by atoms with van der Waals surface area (Å²) in [6.45, 7) is 0.390. The summed E-state index contributed by atoms with van der Waals surface area (Å²) < 4.78 is 20.8. The van der Waals surface area contributed by atoms with Gasteiger partial charge in [-0.25, -0.2) is 0 Å². The van der Waals surface area contributed by atoms with Gasteiger partial charge in [0.25, 0.3) is 0 Å². The molecule has 1 aliphatic heterocycles. The second-order valence-electron chi connectivity index (χ2n) is 3.22. The van der Waals surface area contributed by atoms with Gasteiger partial charge in [0, 0.05) is 21.3 Å². The van der Waals surface area contributed by atoms with Gasteiger partial charge in [0.2, 0.25) is 0 Å². The van der Waals surface area contributed by atoms with Crippen molar-refractivity contribution in [3.05, 3.63) is 11.8 Å². The molecule has 1 aliphatic rings. The molecule has 1 rings (SSSR count). The Morgan fingerprint density at radius 1 is 1.40 bits per heavy atom. The smallest absolute Gasteiger partial charge is 0.151 e. The maximum absolute atomic E-state index is 10.7. The van der Waals surface area contributed by atoms with Crippen molar-refractivity contribution in [2.45, 2.75) is 18.3 Å². The summed E-state index contributed by atoms with van der Waals surface area (Å²) in [6.07, 6.45) is 1.12. The van der Waals surface area contributed by atoms with Crippen molar-refractivity contribution < 1.29 is 23.7 Å². The molecule has 0 spiro atoms. The van der Waals surface area contributed by atoms with Crippen LogP contribution in [0.25, 0.3) is 0 Å². The number of hydrogen-bond acceptors (Lipinski definition) is 5. The molecule has 0 unspecified atom stereocenters. The molecule has 0 aromatic carbocycles. The van der Waals surface area contributed by atoms with Crippen molar-refractivity contribution in [1.82, 2.24) is 0 Å². The van der Waals surface area contributed by atoms with Gasteiger partial charge in [-0.15, -0.1) is 0 Å². The Balaban J connectivity index is 2.82. The van der Waals surface area contributed by atoms with E-state index in [2.05, 4.69) is 0 Å². The van der Waals surface area contributed by atoms with Crippen LogP contribution >= 0.6 is 0 Å². The molecule has 0 N–H and O–H groups in total. The molecule has 5 nitrogen and oxygen atoms in total. The number of carbonyl (C=O) groups is 1. The van der Waals surface area contributed by atoms with E-state index in [1.165, 1.54) is 13.4 Å². The molecule has 5 heteroatoms. The molecular weight excluding hydrogens is 200 g/mol. The average Bonchev–Trinajstić information content (AvgIpc) is 2.28. The molecular formula is C10H16O5. The Morgan fingerprint density at radius 3 is 2.60 bits per heavy atom. The van der Waals surface area contributed by atoms with Gasteiger partial charge in [-0.3, -0.25) is 4.79 Å². The second kappa shape index (κ2) is 5.85. The van der Waals surface area contributed by atoms with E-state index in [9.17, 15) is 4.79 Å². The molecule has 86 valence electrons. The van der Waals surface area contributed by atoms with Gasteiger partial charge < -0.3 is 18.9 Å². The van der Waals surface area contributed by atoms with E-state index in [0.717, 1.165) is 0 Å². The Bertz CT molecular complexity index is 238. The standard InChI is InChI=1S/C10H16O5/c1-12-6-8-10(14-3)9(13-2)7(4-11)5-15-8/h4-5,8-10H,6H2,1-3H3/t8-,9+,10+/m1/s1. The van der Waals surface area contributed by atoms with Gasteiger partial charge >= 0.3 is 0 Å². The molecule has 15 heavy (non-hydrogen) atoms. The quantitative estimate of drug-likeness (QED) is 0.612. The first kappa shape index (κ1) is 12.2. The van der Waals surface area contributed by atoms with Crippen molar-refractivity contribution >= 4 is 6.29 Å². The molecule has 3 atom stereocenters. The molecule has 0 saturated heterocycles. The zero-order chi connectivity index (χ0) is 11.3. The number of methoxy groups -OCH3 is 3. The summed E-state index contributed by atoms with van der Waals surface area (Å²) in [4.78, 5) is 10.7. The molecule has 0 bridgehead atoms. The van der Waals surface area contributed by atoms with Gasteiger partial charge in [0.1, 0.15) is 18.3 Å². The largest absolute Gasteiger partial charge is 0.492 e. The lowest BCUT2D eigenvalue weighted by molar-refractivity contribution is -0.126. The Hall–Kier alpha value is -0.910. The first-order valence-corrected chi connectivity index (χ1v) is 4.63. The minimum atomic E-state index is -0.401. The summed E-state index contributed by atoms with van der Waals surface area (Å²) in [5.41, 5.74) is 0.441. The van der Waals surface area contributed by atoms with Crippen LogP contribution in [0.3, 0.4) is 0 Å². The third kappa shape index (κ3) is 2.56. The fraction of sp³-hybridized carbons (Fsp3) is 0.700. The number of carbonyl (C=O) groups excluding carboxylic acids is 1. The van der Waals surface area contributed by atoms with E-state index in [4.69, 9.17) is 18.9 Å². The summed E-state index contributed by atoms with van der Waals surface area (Å²) in [6, 6.07) is 0. The monoisotopic (exact) mass is 216 g/mol. The minimum Gasteiger partial charge on any atom is -0.492 e. The van der Waals surface area contributed by atoms with Crippen molar-refractivity contribution in [2.75, 3.05) is 27.9 Å². The first-order valence-electron chi connectivity index (χ1n) is 4.63. The highest BCUT2D eigenvalue weighted by Gasteiger charge is 2.37. The molecule has 0 aromatic rings. The number of ether oxygens (including phenoxy) is 4. The van der Waals surface area contributed by atoms with Crippen LogP contribution in [0.2, 0.25) is 0 Å². The van der Waals surface area contributed by atoms with Gasteiger partial charge in [0.15, 0.2) is 6.29 Å². The van der Waals surface area contributed by atoms with E-state index in [-0.39, 0.29) is 12.2 Å². The van der Waals surface area contributed by atoms with Crippen LogP contribution in [-0.4, -0.2) is 52.5 Å². The summed E-state index contributed by atoms with van der Waals surface area (Å²) in [7, 11) is 4.66. The van der Waals surface area contributed by atoms with Crippen LogP contribution in [-0.2, 0) is 23.7 Å². The molecule has 0 aromatic heterocycles. The van der Waals surface area contributed by atoms with E-state index in [0.29, 0.717) is 18.5 Å². The molecule has 0 fully saturated rings. The predicted molar refractivity (Wildman–Crippen MR) is 52.5 cm³/mol. The normalized spacial score (nSPS) is 30.6. The van der Waals surface area contributed by atoms with Crippen LogP contribution in [0.15, 0.2) is 11.8 Å². The zero-order valence-corrected chi connectivity index (χ0v) is 9.14. The van der Waals surface area contributed by atoms with Gasteiger partial charge in [0.05, 0.1) is 18.4 Å². The van der Waals surface area contributed by atoms with Crippen molar-refractivity contribution in [1.29, 1.82) is 0 Å². The summed E-state index contributed by atoms with van der Waals surface area (Å²) >= 11 is 0. The predicted octanol–water partition coefficient (Wildman–Crippen LogP) is 0.144. The van der Waals surface area contributed by atoms with Crippen LogP contribution in [0, 0.1) is 0 Å². The van der Waals surface area contributed by atoms with Gasteiger partial charge in [-0.2, -0.15) is 0 Å². The SMILES string of the molecule is COC[C@H]1OC=C(C=O)[C@H](OC)[C@H]1OC. The Kier molecular flexibility index (Phi) is 4.74. The van der Waals surface area contributed by atoms with Crippen LogP contribution in [0.4, 0.5) is 0 Å². The van der Waals surface area contributed by atoms with Gasteiger partial charge in [-0.1, -0.05) is 0 Å². The fourth-order valence-corrected chi connectivity index (χ4v) is 1.63. The second-order valence-corrected chi connectivity index (χ2v) is 3.22. The van der Waals surface area contributed by atoms with Crippen LogP contribution < -0.4 is 0 Å². The maximum atomic E-state index is 10.7. The van der Waals surface area contributed by atoms with E-state index >= 15 is 0 Å². The highest BCUT2D eigenvalue weighted by Crippen LogP contribution is 2.22. The molecule has 0 saturated carbocycles. The topological polar surface area (TPSA) is 54.0 Å². The molecule has 0 aliphatic carbocycles. The number of rotatable bonds is 5. The highest BCUT2D eigenvalue weighted by molar-refractivity contribution is 5.74. The lowest BCUT2D eigenvalue weighted by Crippen LogP contribution is -2.47. The third-order valence-corrected chi connectivity index (χ3v) is 2.37. The molecule has 1 heterocycles. The van der Waals surface area contributed by atoms with Crippen LogP contribution in [0.5, 0.6) is 0 Å². The molecule has 0 amide bonds. The summed E-state index contributed by atoms with van der Waals surface area (Å²) in [5.74, 6) is 0. The maximum Gasteiger partial charge on any atom is 0.151 e. The van der Waals surface area contributed by atoms with Crippen LogP contribution in [0.1, 0.15) is 0 Å². The van der Waals surface area contributed by atoms with Crippen molar-refractivity contribution in [3.8, 4) is 0 Å². The fourth-order valence-electron chi connectivity index (χ4n) is 1.63. The van der Waals surface area contributed by atoms with E-state index in [1.54, 1.807) is 14.2 Å². The van der Waals surface area contributed by atoms with Crippen molar-refractivity contribution in [3.63, 3.8) is 0 Å². The molecule has 0 radical (unpaired) electrons. The number of hydrogen-bond donors (Lipinski definition) is 0. The Labute approximate surface area is 88.9 Å². The van der Waals surface area contributed by atoms with Crippen molar-refractivity contribution in [2.24, 2.45) is 0 Å².